The van der Waals surface area contributed by atoms with E-state index in [4.69, 9.17) is 9.47 Å². The molecule has 1 aromatic rings. The number of aromatic nitrogens is 1. The van der Waals surface area contributed by atoms with Gasteiger partial charge in [0, 0.05) is 41.0 Å². The zero-order valence-electron chi connectivity index (χ0n) is 15.7. The first-order chi connectivity index (χ1) is 11.7. The molecule has 0 radical (unpaired) electrons. The van der Waals surface area contributed by atoms with Gasteiger partial charge in [-0.2, -0.15) is 0 Å². The lowest BCUT2D eigenvalue weighted by molar-refractivity contribution is 0.0120. The maximum Gasteiger partial charge on any atom is 0.410 e. The Labute approximate surface area is 164 Å². The predicted octanol–water partition coefficient (Wildman–Crippen LogP) is 3.53. The van der Waals surface area contributed by atoms with Gasteiger partial charge in [0.15, 0.2) is 0 Å². The van der Waals surface area contributed by atoms with Gasteiger partial charge in [-0.05, 0) is 69.3 Å². The number of piperidine rings is 1. The van der Waals surface area contributed by atoms with Gasteiger partial charge in [0.05, 0.1) is 7.11 Å². The van der Waals surface area contributed by atoms with Gasteiger partial charge >= 0.3 is 6.09 Å². The quantitative estimate of drug-likeness (QED) is 0.643. The molecule has 2 heterocycles. The Morgan fingerprint density at radius 1 is 1.48 bits per heavy atom. The van der Waals surface area contributed by atoms with Gasteiger partial charge in [0.2, 0.25) is 5.88 Å². The Hall–Kier alpha value is -1.09. The van der Waals surface area contributed by atoms with Crippen molar-refractivity contribution in [2.45, 2.75) is 51.8 Å². The number of rotatable bonds is 4. The van der Waals surface area contributed by atoms with Crippen LogP contribution in [0.3, 0.4) is 0 Å². The summed E-state index contributed by atoms with van der Waals surface area (Å²) in [5.41, 5.74) is 0.622. The molecule has 1 aromatic heterocycles. The van der Waals surface area contributed by atoms with E-state index >= 15 is 0 Å². The van der Waals surface area contributed by atoms with E-state index in [0.29, 0.717) is 18.5 Å². The largest absolute Gasteiger partial charge is 0.481 e. The van der Waals surface area contributed by atoms with Crippen molar-refractivity contribution >= 4 is 28.7 Å². The van der Waals surface area contributed by atoms with Crippen LogP contribution in [0.5, 0.6) is 5.88 Å². The second-order valence-electron chi connectivity index (χ2n) is 7.42. The Bertz CT molecular complexity index is 604. The van der Waals surface area contributed by atoms with Gasteiger partial charge in [0.1, 0.15) is 5.60 Å². The van der Waals surface area contributed by atoms with E-state index in [0.717, 1.165) is 35.1 Å². The summed E-state index contributed by atoms with van der Waals surface area (Å²) in [5.74, 6) is 0.665. The molecular formula is C18H28IN3O3. The third-order valence-corrected chi connectivity index (χ3v) is 5.24. The first-order valence-electron chi connectivity index (χ1n) is 8.57. The second-order valence-corrected chi connectivity index (χ2v) is 8.58. The fourth-order valence-corrected chi connectivity index (χ4v) is 3.52. The summed E-state index contributed by atoms with van der Waals surface area (Å²) in [7, 11) is 3.73. The van der Waals surface area contributed by atoms with Crippen molar-refractivity contribution in [3.05, 3.63) is 21.4 Å². The van der Waals surface area contributed by atoms with Crippen molar-refractivity contribution in [2.75, 3.05) is 27.2 Å². The molecule has 1 aliphatic rings. The third kappa shape index (κ3) is 5.70. The number of hydrogen-bond acceptors (Lipinski definition) is 5. The molecule has 6 nitrogen and oxygen atoms in total. The van der Waals surface area contributed by atoms with Crippen molar-refractivity contribution < 1.29 is 14.3 Å². The van der Waals surface area contributed by atoms with Gasteiger partial charge < -0.3 is 14.4 Å². The summed E-state index contributed by atoms with van der Waals surface area (Å²) in [5, 5.41) is 0. The second kappa shape index (κ2) is 8.53. The van der Waals surface area contributed by atoms with Crippen LogP contribution in [0, 0.1) is 3.57 Å². The third-order valence-electron chi connectivity index (χ3n) is 4.23. The maximum absolute atomic E-state index is 12.3. The van der Waals surface area contributed by atoms with E-state index in [1.165, 1.54) is 0 Å². The monoisotopic (exact) mass is 461 g/mol. The number of nitrogens with zero attached hydrogens (tertiary/aromatic N) is 3. The van der Waals surface area contributed by atoms with Crippen LogP contribution in [0.1, 0.15) is 39.2 Å². The van der Waals surface area contributed by atoms with Gasteiger partial charge in [-0.25, -0.2) is 9.78 Å². The molecule has 1 fully saturated rings. The van der Waals surface area contributed by atoms with Crippen LogP contribution in [-0.2, 0) is 11.3 Å². The van der Waals surface area contributed by atoms with Crippen LogP contribution in [-0.4, -0.2) is 59.8 Å². The molecule has 1 atom stereocenters. The number of halogens is 1. The van der Waals surface area contributed by atoms with Crippen LogP contribution in [0.4, 0.5) is 4.79 Å². The molecule has 140 valence electrons. The molecule has 0 spiro atoms. The minimum atomic E-state index is -0.463. The number of likely N-dealkylation sites (tertiary alicyclic amines) is 1. The molecule has 1 saturated heterocycles. The highest BCUT2D eigenvalue weighted by Gasteiger charge is 2.30. The Morgan fingerprint density at radius 3 is 2.84 bits per heavy atom. The number of amides is 1. The highest BCUT2D eigenvalue weighted by atomic mass is 127. The Morgan fingerprint density at radius 2 is 2.20 bits per heavy atom. The maximum atomic E-state index is 12.3. The number of carbonyl (C=O) groups is 1. The predicted molar refractivity (Wildman–Crippen MR) is 106 cm³/mol. The average Bonchev–Trinajstić information content (AvgIpc) is 2.55. The first-order valence-corrected chi connectivity index (χ1v) is 9.64. The van der Waals surface area contributed by atoms with E-state index in [9.17, 15) is 4.79 Å². The van der Waals surface area contributed by atoms with Crippen LogP contribution < -0.4 is 4.74 Å². The van der Waals surface area contributed by atoms with Crippen molar-refractivity contribution in [3.8, 4) is 5.88 Å². The minimum Gasteiger partial charge on any atom is -0.481 e. The summed E-state index contributed by atoms with van der Waals surface area (Å²) < 4.78 is 12.1. The standard InChI is InChI=1S/C18H28IN3O3/c1-18(2,3)25-17(23)22-10-6-7-13(11-22)21(4)12-14-15(19)8-9-20-16(14)24-5/h8-9,13H,6-7,10-12H2,1-5H3. The lowest BCUT2D eigenvalue weighted by Gasteiger charge is -2.38. The van der Waals surface area contributed by atoms with E-state index in [1.807, 2.05) is 31.7 Å². The lowest BCUT2D eigenvalue weighted by Crippen LogP contribution is -2.49. The number of likely N-dealkylation sites (N-methyl/N-ethyl adjacent to an activating group) is 1. The summed E-state index contributed by atoms with van der Waals surface area (Å²) in [4.78, 5) is 20.7. The fraction of sp³-hybridized carbons (Fsp3) is 0.667. The number of ether oxygens (including phenoxy) is 2. The molecular weight excluding hydrogens is 433 g/mol. The molecule has 0 aliphatic carbocycles. The smallest absolute Gasteiger partial charge is 0.410 e. The van der Waals surface area contributed by atoms with E-state index in [1.54, 1.807) is 13.3 Å². The molecule has 1 unspecified atom stereocenters. The first kappa shape index (κ1) is 20.2. The number of methoxy groups -OCH3 is 1. The Kier molecular flexibility index (Phi) is 6.90. The van der Waals surface area contributed by atoms with Crippen molar-refractivity contribution in [1.29, 1.82) is 0 Å². The van der Waals surface area contributed by atoms with E-state index in [-0.39, 0.29) is 6.09 Å². The fourth-order valence-electron chi connectivity index (χ4n) is 2.96. The zero-order valence-corrected chi connectivity index (χ0v) is 17.9. The number of carbonyl (C=O) groups excluding carboxylic acids is 1. The Balaban J connectivity index is 2.02. The summed E-state index contributed by atoms with van der Waals surface area (Å²) in [6.07, 6.45) is 3.58. The van der Waals surface area contributed by atoms with Crippen LogP contribution >= 0.6 is 22.6 Å². The van der Waals surface area contributed by atoms with Gasteiger partial charge in [-0.3, -0.25) is 4.90 Å². The average molecular weight is 461 g/mol. The van der Waals surface area contributed by atoms with Crippen molar-refractivity contribution in [1.82, 2.24) is 14.8 Å². The topological polar surface area (TPSA) is 54.9 Å². The molecule has 1 amide bonds. The van der Waals surface area contributed by atoms with E-state index in [2.05, 4.69) is 39.5 Å². The number of hydrogen-bond donors (Lipinski definition) is 0. The molecule has 0 saturated carbocycles. The molecule has 25 heavy (non-hydrogen) atoms. The van der Waals surface area contributed by atoms with Crippen molar-refractivity contribution in [3.63, 3.8) is 0 Å². The molecule has 1 aliphatic heterocycles. The van der Waals surface area contributed by atoms with Crippen molar-refractivity contribution in [2.24, 2.45) is 0 Å². The lowest BCUT2D eigenvalue weighted by atomic mass is 10.0. The van der Waals surface area contributed by atoms with Gasteiger partial charge in [-0.1, -0.05) is 0 Å². The van der Waals surface area contributed by atoms with E-state index < -0.39 is 5.60 Å². The van der Waals surface area contributed by atoms with Gasteiger partial charge in [0.25, 0.3) is 0 Å². The molecule has 0 N–H and O–H groups in total. The highest BCUT2D eigenvalue weighted by Crippen LogP contribution is 2.25. The molecule has 0 aromatic carbocycles. The van der Waals surface area contributed by atoms with Gasteiger partial charge in [-0.15, -0.1) is 0 Å². The SMILES string of the molecule is COc1nccc(I)c1CN(C)C1CCCN(C(=O)OC(C)(C)C)C1. The van der Waals surface area contributed by atoms with Crippen LogP contribution in [0.25, 0.3) is 0 Å². The molecule has 2 rings (SSSR count). The zero-order chi connectivity index (χ0) is 18.6. The van der Waals surface area contributed by atoms with Crippen LogP contribution in [0.15, 0.2) is 12.3 Å². The number of pyridine rings is 1. The normalized spacial score (nSPS) is 18.4. The summed E-state index contributed by atoms with van der Waals surface area (Å²) in [6, 6.07) is 2.28. The molecule has 7 heteroatoms. The molecule has 0 bridgehead atoms. The summed E-state index contributed by atoms with van der Waals surface area (Å²) in [6.45, 7) is 7.87. The summed E-state index contributed by atoms with van der Waals surface area (Å²) >= 11 is 2.31. The highest BCUT2D eigenvalue weighted by molar-refractivity contribution is 14.1. The van der Waals surface area contributed by atoms with Crippen LogP contribution in [0.2, 0.25) is 0 Å². The minimum absolute atomic E-state index is 0.223.